The van der Waals surface area contributed by atoms with E-state index in [9.17, 15) is 36.6 Å². The molecule has 0 radical (unpaired) electrons. The Bertz CT molecular complexity index is 1770. The zero-order valence-electron chi connectivity index (χ0n) is 28.1. The summed E-state index contributed by atoms with van der Waals surface area (Å²) in [6.45, 7) is 12.1. The van der Waals surface area contributed by atoms with Crippen molar-refractivity contribution in [2.75, 3.05) is 0 Å². The van der Waals surface area contributed by atoms with Gasteiger partial charge in [-0.25, -0.2) is 16.8 Å². The van der Waals surface area contributed by atoms with Gasteiger partial charge in [0.05, 0.1) is 21.9 Å². The molecule has 0 spiro atoms. The summed E-state index contributed by atoms with van der Waals surface area (Å²) >= 11 is 0. The predicted molar refractivity (Wildman–Crippen MR) is 182 cm³/mol. The molecule has 12 heteroatoms. The summed E-state index contributed by atoms with van der Waals surface area (Å²) < 4.78 is 58.5. The van der Waals surface area contributed by atoms with Crippen molar-refractivity contribution >= 4 is 32.0 Å². The second-order valence-corrected chi connectivity index (χ2v) is 18.5. The van der Waals surface area contributed by atoms with Gasteiger partial charge in [-0.05, 0) is 83.0 Å². The van der Waals surface area contributed by atoms with E-state index >= 15 is 0 Å². The molecular weight excluding hydrogens is 653 g/mol. The van der Waals surface area contributed by atoms with E-state index in [-0.39, 0.29) is 46.3 Å². The minimum atomic E-state index is -4.26. The molecule has 3 aromatic carbocycles. The molecule has 0 aromatic heterocycles. The molecule has 0 unspecified atom stereocenters. The summed E-state index contributed by atoms with van der Waals surface area (Å²) in [6.07, 6.45) is 0.673. The zero-order valence-corrected chi connectivity index (χ0v) is 29.8. The molecule has 3 aromatic rings. The lowest BCUT2D eigenvalue weighted by Crippen LogP contribution is -2.42. The molecule has 2 aliphatic heterocycles. The smallest absolute Gasteiger partial charge is 0.322 e. The highest BCUT2D eigenvalue weighted by atomic mass is 32.2. The highest BCUT2D eigenvalue weighted by molar-refractivity contribution is 7.89. The van der Waals surface area contributed by atoms with Gasteiger partial charge in [-0.2, -0.15) is 8.61 Å². The molecule has 10 nitrogen and oxygen atoms in total. The number of benzene rings is 3. The van der Waals surface area contributed by atoms with Crippen LogP contribution in [0.5, 0.6) is 0 Å². The highest BCUT2D eigenvalue weighted by Gasteiger charge is 2.48. The van der Waals surface area contributed by atoms with Gasteiger partial charge < -0.3 is 10.2 Å². The third-order valence-electron chi connectivity index (χ3n) is 9.50. The molecule has 2 N–H and O–H groups in total. The lowest BCUT2D eigenvalue weighted by atomic mass is 9.87. The van der Waals surface area contributed by atoms with Crippen molar-refractivity contribution in [1.29, 1.82) is 0 Å². The van der Waals surface area contributed by atoms with E-state index in [1.54, 1.807) is 48.5 Å². The molecule has 2 fully saturated rings. The topological polar surface area (TPSA) is 149 Å². The normalized spacial score (nSPS) is 23.0. The third-order valence-corrected chi connectivity index (χ3v) is 13.4. The summed E-state index contributed by atoms with van der Waals surface area (Å²) in [5.41, 5.74) is 2.47. The Labute approximate surface area is 283 Å². The van der Waals surface area contributed by atoms with Crippen molar-refractivity contribution in [3.8, 4) is 0 Å². The zero-order chi connectivity index (χ0) is 35.4. The molecule has 5 rings (SSSR count). The average Bonchev–Trinajstić information content (AvgIpc) is 3.67. The maximum atomic E-state index is 14.1. The number of rotatable bonds is 8. The highest BCUT2D eigenvalue weighted by Crippen LogP contribution is 2.45. The Kier molecular flexibility index (Phi) is 9.45. The number of sulfonamides is 2. The van der Waals surface area contributed by atoms with Crippen molar-refractivity contribution in [2.24, 2.45) is 0 Å². The number of nitrogens with zero attached hydrogens (tertiary/aromatic N) is 2. The Morgan fingerprint density at radius 2 is 0.917 bits per heavy atom. The van der Waals surface area contributed by atoms with Crippen LogP contribution in [0.4, 0.5) is 0 Å². The summed E-state index contributed by atoms with van der Waals surface area (Å²) in [4.78, 5) is 24.7. The second kappa shape index (κ2) is 12.7. The van der Waals surface area contributed by atoms with Crippen molar-refractivity contribution in [3.63, 3.8) is 0 Å². The Balaban J connectivity index is 1.53. The van der Waals surface area contributed by atoms with E-state index in [1.165, 1.54) is 24.3 Å². The van der Waals surface area contributed by atoms with Crippen molar-refractivity contribution in [2.45, 2.75) is 112 Å². The number of hydrogen-bond acceptors (Lipinski definition) is 6. The molecule has 2 heterocycles. The molecule has 4 atom stereocenters. The van der Waals surface area contributed by atoms with Crippen LogP contribution in [0, 0.1) is 0 Å². The molecule has 2 saturated heterocycles. The number of carboxylic acid groups (broad SMARTS) is 2. The minimum absolute atomic E-state index is 0.0142. The Morgan fingerprint density at radius 1 is 0.583 bits per heavy atom. The van der Waals surface area contributed by atoms with Gasteiger partial charge in [0.25, 0.3) is 0 Å². The largest absolute Gasteiger partial charge is 0.480 e. The first kappa shape index (κ1) is 35.7. The van der Waals surface area contributed by atoms with Crippen LogP contribution in [0.15, 0.2) is 82.6 Å². The lowest BCUT2D eigenvalue weighted by Gasteiger charge is -2.30. The van der Waals surface area contributed by atoms with E-state index in [0.717, 1.165) is 19.7 Å². The first-order valence-electron chi connectivity index (χ1n) is 16.1. The SMILES string of the molecule is CC(C)(C)c1ccc(S(=O)(=O)N2[C@@H](C(=O)O)CC[C@H]2c2cccc([C@@H]3CC[C@H](C(=O)O)N3S(=O)(=O)c3ccc(C(C)(C)C)cc3)c2)cc1. The maximum Gasteiger partial charge on any atom is 0.322 e. The number of hydrogen-bond donors (Lipinski definition) is 2. The van der Waals surface area contributed by atoms with Crippen LogP contribution in [-0.4, -0.2) is 59.7 Å². The first-order valence-corrected chi connectivity index (χ1v) is 19.0. The fraction of sp³-hybridized carbons (Fsp3) is 0.444. The monoisotopic (exact) mass is 696 g/mol. The molecular formula is C36H44N2O8S2. The van der Waals surface area contributed by atoms with Crippen LogP contribution in [0.2, 0.25) is 0 Å². The lowest BCUT2D eigenvalue weighted by molar-refractivity contribution is -0.141. The molecule has 0 aliphatic carbocycles. The van der Waals surface area contributed by atoms with Crippen molar-refractivity contribution in [3.05, 3.63) is 95.1 Å². The molecule has 0 bridgehead atoms. The van der Waals surface area contributed by atoms with Crippen LogP contribution in [-0.2, 0) is 40.5 Å². The summed E-state index contributed by atoms with van der Waals surface area (Å²) in [6, 6.07) is 15.5. The standard InChI is InChI=1S/C36H44N2O8S2/c1-35(2,3)25-10-14-27(15-11-25)47(43,44)37-29(18-20-31(37)33(39)40)23-8-7-9-24(22-23)30-19-21-32(34(41)42)38(30)48(45,46)28-16-12-26(13-17-28)36(4,5)6/h7-17,22,29-32H,18-21H2,1-6H3,(H,39,40)(H,41,42)/t29-,30-,31+,32+/m0/s1. The Morgan fingerprint density at radius 3 is 1.21 bits per heavy atom. The van der Waals surface area contributed by atoms with Gasteiger partial charge in [-0.15, -0.1) is 0 Å². The molecule has 258 valence electrons. The van der Waals surface area contributed by atoms with Gasteiger partial charge in [0.2, 0.25) is 20.0 Å². The summed E-state index contributed by atoms with van der Waals surface area (Å²) in [5, 5.41) is 20.2. The van der Waals surface area contributed by atoms with E-state index < -0.39 is 56.2 Å². The first-order chi connectivity index (χ1) is 22.2. The third kappa shape index (κ3) is 6.67. The van der Waals surface area contributed by atoms with Crippen LogP contribution in [0.1, 0.15) is 102 Å². The van der Waals surface area contributed by atoms with E-state index in [2.05, 4.69) is 0 Å². The number of aliphatic carboxylic acids is 2. The van der Waals surface area contributed by atoms with Crippen LogP contribution in [0.25, 0.3) is 0 Å². The van der Waals surface area contributed by atoms with Gasteiger partial charge >= 0.3 is 11.9 Å². The Hall–Kier alpha value is -3.58. The van der Waals surface area contributed by atoms with Gasteiger partial charge in [0.15, 0.2) is 0 Å². The van der Waals surface area contributed by atoms with E-state index in [4.69, 9.17) is 0 Å². The fourth-order valence-corrected chi connectivity index (χ4v) is 10.4. The van der Waals surface area contributed by atoms with Crippen molar-refractivity contribution in [1.82, 2.24) is 8.61 Å². The molecule has 0 amide bonds. The summed E-state index contributed by atoms with van der Waals surface area (Å²) in [7, 11) is -8.52. The predicted octanol–water partition coefficient (Wildman–Crippen LogP) is 6.24. The second-order valence-electron chi connectivity index (χ2n) is 14.8. The molecule has 2 aliphatic rings. The van der Waals surface area contributed by atoms with Gasteiger partial charge in [0, 0.05) is 0 Å². The average molecular weight is 697 g/mol. The van der Waals surface area contributed by atoms with E-state index in [0.29, 0.717) is 11.1 Å². The summed E-state index contributed by atoms with van der Waals surface area (Å²) in [5.74, 6) is -2.50. The number of carboxylic acids is 2. The van der Waals surface area contributed by atoms with Gasteiger partial charge in [-0.1, -0.05) is 90.1 Å². The van der Waals surface area contributed by atoms with Crippen molar-refractivity contribution < 1.29 is 36.6 Å². The van der Waals surface area contributed by atoms with Gasteiger partial charge in [-0.3, -0.25) is 9.59 Å². The van der Waals surface area contributed by atoms with Crippen LogP contribution < -0.4 is 0 Å². The van der Waals surface area contributed by atoms with E-state index in [1.807, 2.05) is 41.5 Å². The van der Waals surface area contributed by atoms with Gasteiger partial charge in [0.1, 0.15) is 12.1 Å². The minimum Gasteiger partial charge on any atom is -0.480 e. The number of carbonyl (C=O) groups is 2. The van der Waals surface area contributed by atoms with Crippen LogP contribution >= 0.6 is 0 Å². The maximum absolute atomic E-state index is 14.1. The fourth-order valence-electron chi connectivity index (χ4n) is 6.81. The molecule has 0 saturated carbocycles. The quantitative estimate of drug-likeness (QED) is 0.281. The van der Waals surface area contributed by atoms with Crippen LogP contribution in [0.3, 0.4) is 0 Å². The molecule has 48 heavy (non-hydrogen) atoms.